The van der Waals surface area contributed by atoms with Crippen molar-refractivity contribution in [3.63, 3.8) is 0 Å². The lowest BCUT2D eigenvalue weighted by atomic mass is 9.92. The van der Waals surface area contributed by atoms with Crippen molar-refractivity contribution in [2.75, 3.05) is 42.7 Å². The lowest BCUT2D eigenvalue weighted by Gasteiger charge is -2.27. The van der Waals surface area contributed by atoms with Crippen LogP contribution in [0.2, 0.25) is 12.1 Å². The number of ketones is 1. The van der Waals surface area contributed by atoms with E-state index in [2.05, 4.69) is 0 Å². The Morgan fingerprint density at radius 2 is 0.917 bits per heavy atom. The Morgan fingerprint density at radius 3 is 1.12 bits per heavy atom. The Labute approximate surface area is 148 Å². The van der Waals surface area contributed by atoms with Crippen LogP contribution < -0.4 is 0 Å². The van der Waals surface area contributed by atoms with Gasteiger partial charge in [-0.25, -0.2) is 0 Å². The first-order valence-corrected chi connectivity index (χ1v) is 12.0. The molecule has 0 saturated heterocycles. The van der Waals surface area contributed by atoms with Gasteiger partial charge in [-0.15, -0.1) is 0 Å². The molecule has 2 unspecified atom stereocenters. The molecule has 0 amide bonds. The zero-order valence-corrected chi connectivity index (χ0v) is 18.3. The van der Waals surface area contributed by atoms with E-state index in [0.29, 0.717) is 24.9 Å². The topological polar surface area (TPSA) is 72.5 Å². The highest BCUT2D eigenvalue weighted by atomic mass is 28.4. The molecule has 0 rings (SSSR count). The molecule has 2 atom stereocenters. The first kappa shape index (κ1) is 23.9. The molecule has 0 aliphatic carbocycles. The lowest BCUT2D eigenvalue weighted by molar-refractivity contribution is -0.126. The Hall–Kier alpha value is -0.136. The van der Waals surface area contributed by atoms with E-state index in [4.69, 9.17) is 26.6 Å². The third-order valence-electron chi connectivity index (χ3n) is 4.60. The van der Waals surface area contributed by atoms with Crippen LogP contribution in [0, 0.1) is 11.8 Å². The first-order valence-electron chi connectivity index (χ1n) is 8.13. The summed E-state index contributed by atoms with van der Waals surface area (Å²) in [5, 5.41) is 0. The second-order valence-corrected chi connectivity index (χ2v) is 12.1. The zero-order valence-electron chi connectivity index (χ0n) is 16.3. The van der Waals surface area contributed by atoms with Crippen molar-refractivity contribution in [1.82, 2.24) is 0 Å². The standard InChI is InChI=1S/C15H34O7Si2/c1-13(9-11-23(17-3,18-4)19-5)15(16)14(2)10-12-24(20-6,21-7)22-8/h13-14H,9-12H2,1-8H3. The van der Waals surface area contributed by atoms with Gasteiger partial charge in [-0.05, 0) is 12.8 Å². The molecule has 9 heteroatoms. The molecule has 0 aromatic carbocycles. The average Bonchev–Trinajstić information content (AvgIpc) is 2.63. The van der Waals surface area contributed by atoms with Crippen LogP contribution in [0.15, 0.2) is 0 Å². The highest BCUT2D eigenvalue weighted by Gasteiger charge is 2.40. The van der Waals surface area contributed by atoms with Crippen LogP contribution in [0.1, 0.15) is 26.7 Å². The van der Waals surface area contributed by atoms with Gasteiger partial charge in [0.05, 0.1) is 0 Å². The lowest BCUT2D eigenvalue weighted by Crippen LogP contribution is -2.44. The molecular weight excluding hydrogens is 348 g/mol. The molecule has 0 aromatic heterocycles. The molecule has 0 heterocycles. The average molecular weight is 383 g/mol. The minimum atomic E-state index is -2.63. The Bertz CT molecular complexity index is 311. The van der Waals surface area contributed by atoms with Crippen molar-refractivity contribution in [1.29, 1.82) is 0 Å². The summed E-state index contributed by atoms with van der Waals surface area (Å²) >= 11 is 0. The molecule has 0 aliphatic rings. The fourth-order valence-electron chi connectivity index (χ4n) is 2.67. The predicted octanol–water partition coefficient (Wildman–Crippen LogP) is 2.36. The molecule has 0 N–H and O–H groups in total. The molecule has 24 heavy (non-hydrogen) atoms. The fraction of sp³-hybridized carbons (Fsp3) is 0.933. The van der Waals surface area contributed by atoms with Crippen molar-refractivity contribution >= 4 is 23.4 Å². The summed E-state index contributed by atoms with van der Waals surface area (Å²) < 4.78 is 32.4. The summed E-state index contributed by atoms with van der Waals surface area (Å²) in [4.78, 5) is 12.6. The maximum atomic E-state index is 12.6. The van der Waals surface area contributed by atoms with Gasteiger partial charge in [0.1, 0.15) is 5.78 Å². The maximum Gasteiger partial charge on any atom is 0.500 e. The van der Waals surface area contributed by atoms with E-state index < -0.39 is 17.6 Å². The number of Topliss-reactive ketones (excluding diaryl/α,β-unsaturated/α-hetero) is 1. The largest absolute Gasteiger partial charge is 0.500 e. The highest BCUT2D eigenvalue weighted by molar-refractivity contribution is 6.60. The summed E-state index contributed by atoms with van der Waals surface area (Å²) in [6, 6.07) is 1.23. The van der Waals surface area contributed by atoms with Crippen molar-refractivity contribution in [2.45, 2.75) is 38.8 Å². The van der Waals surface area contributed by atoms with Gasteiger partial charge in [-0.2, -0.15) is 0 Å². The summed E-state index contributed by atoms with van der Waals surface area (Å²) in [6.07, 6.45) is 1.35. The first-order chi connectivity index (χ1) is 11.3. The minimum Gasteiger partial charge on any atom is -0.377 e. The van der Waals surface area contributed by atoms with Crippen molar-refractivity contribution in [3.05, 3.63) is 0 Å². The molecule has 0 radical (unpaired) electrons. The van der Waals surface area contributed by atoms with Crippen molar-refractivity contribution < 1.29 is 31.4 Å². The van der Waals surface area contributed by atoms with Crippen molar-refractivity contribution in [3.8, 4) is 0 Å². The van der Waals surface area contributed by atoms with Crippen LogP contribution in [0.25, 0.3) is 0 Å². The van der Waals surface area contributed by atoms with Gasteiger partial charge in [0.15, 0.2) is 0 Å². The van der Waals surface area contributed by atoms with E-state index in [1.54, 1.807) is 42.7 Å². The third-order valence-corrected chi connectivity index (χ3v) is 10.1. The molecule has 0 spiro atoms. The van der Waals surface area contributed by atoms with E-state index in [-0.39, 0.29) is 17.6 Å². The Morgan fingerprint density at radius 1 is 0.667 bits per heavy atom. The molecular formula is C15H34O7Si2. The molecule has 0 bridgehead atoms. The number of hydrogen-bond acceptors (Lipinski definition) is 7. The van der Waals surface area contributed by atoms with Crippen LogP contribution in [0.5, 0.6) is 0 Å². The molecule has 0 saturated carbocycles. The van der Waals surface area contributed by atoms with Crippen LogP contribution in [-0.2, 0) is 31.4 Å². The highest BCUT2D eigenvalue weighted by Crippen LogP contribution is 2.25. The number of carbonyl (C=O) groups is 1. The van der Waals surface area contributed by atoms with Crippen LogP contribution in [-0.4, -0.2) is 66.1 Å². The van der Waals surface area contributed by atoms with Crippen molar-refractivity contribution in [2.24, 2.45) is 11.8 Å². The zero-order chi connectivity index (χ0) is 18.8. The van der Waals surface area contributed by atoms with Gasteiger partial charge in [-0.1, -0.05) is 13.8 Å². The molecule has 0 aromatic rings. The van der Waals surface area contributed by atoms with E-state index in [1.165, 1.54) is 0 Å². The summed E-state index contributed by atoms with van der Waals surface area (Å²) in [5.41, 5.74) is 0. The number of carbonyl (C=O) groups excluding carboxylic acids is 1. The Balaban J connectivity index is 4.57. The minimum absolute atomic E-state index is 0.0870. The second kappa shape index (κ2) is 11.5. The summed E-state index contributed by atoms with van der Waals surface area (Å²) in [6.45, 7) is 3.87. The van der Waals surface area contributed by atoms with E-state index in [9.17, 15) is 4.79 Å². The summed E-state index contributed by atoms with van der Waals surface area (Å²) in [5.74, 6) is 0.0412. The molecule has 144 valence electrons. The number of hydrogen-bond donors (Lipinski definition) is 0. The Kier molecular flexibility index (Phi) is 11.4. The molecule has 7 nitrogen and oxygen atoms in total. The second-order valence-electron chi connectivity index (χ2n) is 5.87. The molecule has 0 fully saturated rings. The smallest absolute Gasteiger partial charge is 0.377 e. The number of rotatable bonds is 14. The van der Waals surface area contributed by atoms with Crippen LogP contribution in [0.3, 0.4) is 0 Å². The van der Waals surface area contributed by atoms with Gasteiger partial charge >= 0.3 is 17.6 Å². The van der Waals surface area contributed by atoms with Gasteiger partial charge in [0.2, 0.25) is 0 Å². The third kappa shape index (κ3) is 6.64. The quantitative estimate of drug-likeness (QED) is 0.427. The van der Waals surface area contributed by atoms with Gasteiger partial charge in [0, 0.05) is 66.6 Å². The van der Waals surface area contributed by atoms with Crippen LogP contribution in [0.4, 0.5) is 0 Å². The summed E-state index contributed by atoms with van der Waals surface area (Å²) in [7, 11) is 4.23. The van der Waals surface area contributed by atoms with Crippen LogP contribution >= 0.6 is 0 Å². The van der Waals surface area contributed by atoms with E-state index in [0.717, 1.165) is 0 Å². The maximum absolute atomic E-state index is 12.6. The van der Waals surface area contributed by atoms with E-state index in [1.807, 2.05) is 13.8 Å². The van der Waals surface area contributed by atoms with Gasteiger partial charge in [-0.3, -0.25) is 4.79 Å². The SMILES string of the molecule is CO[Si](CCC(C)C(=O)C(C)CC[Si](OC)(OC)OC)(OC)OC. The predicted molar refractivity (Wildman–Crippen MR) is 95.7 cm³/mol. The fourth-order valence-corrected chi connectivity index (χ4v) is 6.47. The monoisotopic (exact) mass is 382 g/mol. The van der Waals surface area contributed by atoms with Gasteiger partial charge < -0.3 is 26.6 Å². The normalized spacial score (nSPS) is 15.3. The molecule has 0 aliphatic heterocycles. The van der Waals surface area contributed by atoms with E-state index >= 15 is 0 Å². The van der Waals surface area contributed by atoms with Gasteiger partial charge in [0.25, 0.3) is 0 Å².